The third-order valence-electron chi connectivity index (χ3n) is 2.58. The summed E-state index contributed by atoms with van der Waals surface area (Å²) >= 11 is 3.06. The zero-order valence-electron chi connectivity index (χ0n) is 10.2. The SMILES string of the molecule is Cn1nc(NC(=O)C(F)(F)F)c2c([N+](=O)[O-])cc(Br)cc21. The Kier molecular flexibility index (Phi) is 3.61. The number of carbonyl (C=O) groups excluding carboxylic acids is 1. The molecule has 0 aliphatic carbocycles. The molecule has 0 atom stereocenters. The molecule has 1 heterocycles. The van der Waals surface area contributed by atoms with Crippen LogP contribution in [0.2, 0.25) is 0 Å². The highest BCUT2D eigenvalue weighted by Gasteiger charge is 2.40. The maximum Gasteiger partial charge on any atom is 0.471 e. The summed E-state index contributed by atoms with van der Waals surface area (Å²) in [5, 5.41) is 16.1. The van der Waals surface area contributed by atoms with Crippen molar-refractivity contribution in [3.05, 3.63) is 26.7 Å². The summed E-state index contributed by atoms with van der Waals surface area (Å²) in [6.45, 7) is 0. The number of benzene rings is 1. The summed E-state index contributed by atoms with van der Waals surface area (Å²) in [6.07, 6.45) is -5.12. The van der Waals surface area contributed by atoms with Gasteiger partial charge in [-0.25, -0.2) is 0 Å². The molecule has 0 unspecified atom stereocenters. The number of amides is 1. The minimum atomic E-state index is -5.12. The summed E-state index contributed by atoms with van der Waals surface area (Å²) in [5.74, 6) is -2.77. The molecular weight excluding hydrogens is 361 g/mol. The van der Waals surface area contributed by atoms with Gasteiger partial charge in [0.25, 0.3) is 5.69 Å². The van der Waals surface area contributed by atoms with Crippen LogP contribution in [0.4, 0.5) is 24.7 Å². The summed E-state index contributed by atoms with van der Waals surface area (Å²) in [5.41, 5.74) is -0.265. The maximum absolute atomic E-state index is 12.3. The fraction of sp³-hybridized carbons (Fsp3) is 0.200. The van der Waals surface area contributed by atoms with E-state index in [9.17, 15) is 28.1 Å². The van der Waals surface area contributed by atoms with Crippen LogP contribution in [0.1, 0.15) is 0 Å². The molecule has 0 fully saturated rings. The lowest BCUT2D eigenvalue weighted by molar-refractivity contribution is -0.383. The van der Waals surface area contributed by atoms with Gasteiger partial charge in [0.05, 0.1) is 10.4 Å². The fourth-order valence-electron chi connectivity index (χ4n) is 1.74. The minimum absolute atomic E-state index is 0.177. The van der Waals surface area contributed by atoms with E-state index < -0.39 is 28.5 Å². The van der Waals surface area contributed by atoms with E-state index in [1.807, 2.05) is 0 Å². The molecule has 11 heteroatoms. The van der Waals surface area contributed by atoms with Gasteiger partial charge in [0.15, 0.2) is 5.82 Å². The van der Waals surface area contributed by atoms with Gasteiger partial charge in [-0.3, -0.25) is 19.6 Å². The molecule has 0 radical (unpaired) electrons. The number of nitrogens with one attached hydrogen (secondary N) is 1. The molecule has 1 aromatic heterocycles. The maximum atomic E-state index is 12.3. The normalized spacial score (nSPS) is 11.7. The van der Waals surface area contributed by atoms with Crippen molar-refractivity contribution in [2.24, 2.45) is 7.05 Å². The molecule has 112 valence electrons. The largest absolute Gasteiger partial charge is 0.471 e. The molecule has 1 N–H and O–H groups in total. The third-order valence-corrected chi connectivity index (χ3v) is 3.04. The molecule has 1 amide bonds. The molecule has 21 heavy (non-hydrogen) atoms. The number of aryl methyl sites for hydroxylation is 1. The van der Waals surface area contributed by atoms with Crippen LogP contribution in [0.5, 0.6) is 0 Å². The Labute approximate surface area is 123 Å². The van der Waals surface area contributed by atoms with Crippen LogP contribution in [0.3, 0.4) is 0 Å². The summed E-state index contributed by atoms with van der Waals surface area (Å²) in [6, 6.07) is 2.56. The van der Waals surface area contributed by atoms with Crippen LogP contribution in [0.15, 0.2) is 16.6 Å². The number of anilines is 1. The number of hydrogen-bond acceptors (Lipinski definition) is 4. The van der Waals surface area contributed by atoms with Gasteiger partial charge in [0, 0.05) is 17.6 Å². The number of rotatable bonds is 2. The molecule has 0 spiro atoms. The molecule has 2 rings (SSSR count). The standard InChI is InChI=1S/C10H6BrF3N4O3/c1-17-5-2-4(11)3-6(18(20)21)7(5)8(16-17)15-9(19)10(12,13)14/h2-3H,1H3,(H,15,16,19). The summed E-state index contributed by atoms with van der Waals surface area (Å²) in [7, 11) is 1.39. The molecular formula is C10H6BrF3N4O3. The number of alkyl halides is 3. The van der Waals surface area contributed by atoms with Gasteiger partial charge in [-0.2, -0.15) is 18.3 Å². The topological polar surface area (TPSA) is 90.1 Å². The Bertz CT molecular complexity index is 756. The third kappa shape index (κ3) is 2.82. The molecule has 1 aromatic carbocycles. The van der Waals surface area contributed by atoms with Crippen molar-refractivity contribution in [2.75, 3.05) is 5.32 Å². The first-order valence-electron chi connectivity index (χ1n) is 5.30. The second-order valence-corrected chi connectivity index (χ2v) is 4.92. The van der Waals surface area contributed by atoms with Crippen molar-refractivity contribution in [1.82, 2.24) is 9.78 Å². The number of non-ortho nitro benzene ring substituents is 1. The van der Waals surface area contributed by atoms with E-state index in [1.165, 1.54) is 13.1 Å². The number of fused-ring (bicyclic) bond motifs is 1. The first-order chi connectivity index (χ1) is 9.61. The number of aromatic nitrogens is 2. The second-order valence-electron chi connectivity index (χ2n) is 4.00. The number of nitro benzene ring substituents is 1. The zero-order valence-corrected chi connectivity index (χ0v) is 11.8. The van der Waals surface area contributed by atoms with Gasteiger partial charge in [-0.15, -0.1) is 0 Å². The molecule has 0 saturated heterocycles. The van der Waals surface area contributed by atoms with E-state index in [1.54, 1.807) is 5.32 Å². The van der Waals surface area contributed by atoms with Crippen molar-refractivity contribution in [3.8, 4) is 0 Å². The van der Waals surface area contributed by atoms with Crippen LogP contribution < -0.4 is 5.32 Å². The zero-order chi connectivity index (χ0) is 15.9. The average molecular weight is 367 g/mol. The van der Waals surface area contributed by atoms with Crippen molar-refractivity contribution in [2.45, 2.75) is 6.18 Å². The summed E-state index contributed by atoms with van der Waals surface area (Å²) < 4.78 is 38.3. The Morgan fingerprint density at radius 3 is 2.62 bits per heavy atom. The van der Waals surface area contributed by atoms with Crippen LogP contribution in [-0.4, -0.2) is 26.8 Å². The Hall–Kier alpha value is -2.17. The van der Waals surface area contributed by atoms with E-state index in [2.05, 4.69) is 21.0 Å². The van der Waals surface area contributed by atoms with Gasteiger partial charge in [-0.1, -0.05) is 15.9 Å². The van der Waals surface area contributed by atoms with Gasteiger partial charge in [0.1, 0.15) is 5.39 Å². The van der Waals surface area contributed by atoms with Crippen molar-refractivity contribution < 1.29 is 22.9 Å². The highest BCUT2D eigenvalue weighted by atomic mass is 79.9. The van der Waals surface area contributed by atoms with Crippen LogP contribution in [-0.2, 0) is 11.8 Å². The average Bonchev–Trinajstić information content (AvgIpc) is 2.64. The van der Waals surface area contributed by atoms with Gasteiger partial charge >= 0.3 is 12.1 Å². The second kappa shape index (κ2) is 4.98. The Morgan fingerprint density at radius 1 is 1.48 bits per heavy atom. The molecule has 2 aromatic rings. The molecule has 0 aliphatic rings. The predicted octanol–water partition coefficient (Wildman–Crippen LogP) is 2.74. The van der Waals surface area contributed by atoms with Crippen molar-refractivity contribution in [1.29, 1.82) is 0 Å². The van der Waals surface area contributed by atoms with Gasteiger partial charge < -0.3 is 5.32 Å². The van der Waals surface area contributed by atoms with Crippen LogP contribution in [0.25, 0.3) is 10.9 Å². The number of hydrogen-bond donors (Lipinski definition) is 1. The van der Waals surface area contributed by atoms with Crippen molar-refractivity contribution >= 4 is 44.2 Å². The number of halogens is 4. The van der Waals surface area contributed by atoms with E-state index in [-0.39, 0.29) is 10.9 Å². The van der Waals surface area contributed by atoms with Crippen molar-refractivity contribution in [3.63, 3.8) is 0 Å². The lowest BCUT2D eigenvalue weighted by Crippen LogP contribution is -2.30. The first-order valence-corrected chi connectivity index (χ1v) is 6.09. The predicted molar refractivity (Wildman–Crippen MR) is 69.8 cm³/mol. The Morgan fingerprint density at radius 2 is 2.10 bits per heavy atom. The van der Waals surface area contributed by atoms with Crippen LogP contribution >= 0.6 is 15.9 Å². The molecule has 0 aliphatic heterocycles. The quantitative estimate of drug-likeness (QED) is 0.653. The number of carbonyl (C=O) groups is 1. The van der Waals surface area contributed by atoms with Gasteiger partial charge in [-0.05, 0) is 6.07 Å². The van der Waals surface area contributed by atoms with Crippen LogP contribution in [0, 0.1) is 10.1 Å². The summed E-state index contributed by atoms with van der Waals surface area (Å²) in [4.78, 5) is 21.2. The Balaban J connectivity index is 2.66. The monoisotopic (exact) mass is 366 g/mol. The highest BCUT2D eigenvalue weighted by Crippen LogP contribution is 2.35. The first kappa shape index (κ1) is 15.2. The lowest BCUT2D eigenvalue weighted by Gasteiger charge is -2.05. The number of nitro groups is 1. The lowest BCUT2D eigenvalue weighted by atomic mass is 10.2. The van der Waals surface area contributed by atoms with E-state index in [4.69, 9.17) is 0 Å². The van der Waals surface area contributed by atoms with E-state index in [0.29, 0.717) is 4.47 Å². The molecule has 0 saturated carbocycles. The fourth-order valence-corrected chi connectivity index (χ4v) is 2.17. The number of nitrogens with zero attached hydrogens (tertiary/aromatic N) is 3. The van der Waals surface area contributed by atoms with E-state index in [0.717, 1.165) is 10.7 Å². The smallest absolute Gasteiger partial charge is 0.301 e. The minimum Gasteiger partial charge on any atom is -0.301 e. The molecule has 0 bridgehead atoms. The van der Waals surface area contributed by atoms with E-state index >= 15 is 0 Å². The highest BCUT2D eigenvalue weighted by molar-refractivity contribution is 9.10. The molecule has 7 nitrogen and oxygen atoms in total. The van der Waals surface area contributed by atoms with Gasteiger partial charge in [0.2, 0.25) is 0 Å².